The number of hydrogen-bond donors (Lipinski definition) is 3. The van der Waals surface area contributed by atoms with Gasteiger partial charge < -0.3 is 15.4 Å². The summed E-state index contributed by atoms with van der Waals surface area (Å²) in [5.41, 5.74) is 0.680. The van der Waals surface area contributed by atoms with Crippen LogP contribution < -0.4 is 11.0 Å². The van der Waals surface area contributed by atoms with Gasteiger partial charge in [-0.1, -0.05) is 6.92 Å². The van der Waals surface area contributed by atoms with Crippen molar-refractivity contribution in [1.82, 2.24) is 9.38 Å². The van der Waals surface area contributed by atoms with E-state index in [0.717, 1.165) is 0 Å². The van der Waals surface area contributed by atoms with Gasteiger partial charge in [0.1, 0.15) is 11.4 Å². The molecule has 3 aromatic rings. The Balaban J connectivity index is 1.93. The SMILES string of the molecule is CCC(=O)c1ccc(O)c(NC(=O)c2cc3cccn3c(=O)[nH]2)c1. The topological polar surface area (TPSA) is 104 Å². The Kier molecular flexibility index (Phi) is 3.91. The number of amides is 1. The molecule has 0 saturated carbocycles. The number of aromatic amines is 1. The standard InChI is InChI=1S/C17H15N3O4/c1-2-14(21)10-5-6-15(22)12(8-10)18-16(23)13-9-11-4-3-7-20(11)17(24)19-13/h3-9,22H,2H2,1H3,(H,18,23)(H,19,24). The van der Waals surface area contributed by atoms with Crippen molar-refractivity contribution in [3.05, 3.63) is 64.3 Å². The number of hydrogen-bond acceptors (Lipinski definition) is 4. The number of ketones is 1. The maximum absolute atomic E-state index is 12.3. The average Bonchev–Trinajstić information content (AvgIpc) is 3.05. The van der Waals surface area contributed by atoms with E-state index in [0.29, 0.717) is 17.5 Å². The predicted molar refractivity (Wildman–Crippen MR) is 88.7 cm³/mol. The summed E-state index contributed by atoms with van der Waals surface area (Å²) in [4.78, 5) is 38.5. The Morgan fingerprint density at radius 3 is 2.79 bits per heavy atom. The fourth-order valence-corrected chi connectivity index (χ4v) is 2.38. The first-order valence-corrected chi connectivity index (χ1v) is 7.37. The maximum atomic E-state index is 12.3. The Bertz CT molecular complexity index is 1000. The van der Waals surface area contributed by atoms with Crippen LogP contribution in [-0.2, 0) is 0 Å². The average molecular weight is 325 g/mol. The summed E-state index contributed by atoms with van der Waals surface area (Å²) in [6.07, 6.45) is 1.90. The normalized spacial score (nSPS) is 10.7. The minimum absolute atomic E-state index is 0.0535. The van der Waals surface area contributed by atoms with Gasteiger partial charge in [0.15, 0.2) is 5.78 Å². The summed E-state index contributed by atoms with van der Waals surface area (Å²) in [7, 11) is 0. The van der Waals surface area contributed by atoms with E-state index in [1.807, 2.05) is 0 Å². The number of anilines is 1. The van der Waals surface area contributed by atoms with E-state index in [1.165, 1.54) is 28.7 Å². The summed E-state index contributed by atoms with van der Waals surface area (Å²) >= 11 is 0. The number of rotatable bonds is 4. The number of aromatic nitrogens is 2. The van der Waals surface area contributed by atoms with Crippen LogP contribution in [0.2, 0.25) is 0 Å². The van der Waals surface area contributed by atoms with Gasteiger partial charge in [0.25, 0.3) is 5.91 Å². The lowest BCUT2D eigenvalue weighted by Gasteiger charge is -2.09. The highest BCUT2D eigenvalue weighted by Gasteiger charge is 2.13. The summed E-state index contributed by atoms with van der Waals surface area (Å²) in [5.74, 6) is -0.858. The third-order valence-electron chi connectivity index (χ3n) is 3.67. The number of benzene rings is 1. The number of carbonyl (C=O) groups is 2. The van der Waals surface area contributed by atoms with Gasteiger partial charge in [0, 0.05) is 18.2 Å². The number of fused-ring (bicyclic) bond motifs is 1. The Labute approximate surface area is 136 Å². The molecule has 7 nitrogen and oxygen atoms in total. The number of carbonyl (C=O) groups excluding carboxylic acids is 2. The molecule has 3 N–H and O–H groups in total. The highest BCUT2D eigenvalue weighted by atomic mass is 16.3. The second-order valence-electron chi connectivity index (χ2n) is 5.25. The Morgan fingerprint density at radius 2 is 2.04 bits per heavy atom. The molecule has 24 heavy (non-hydrogen) atoms. The molecule has 2 heterocycles. The molecular formula is C17H15N3O4. The highest BCUT2D eigenvalue weighted by Crippen LogP contribution is 2.25. The van der Waals surface area contributed by atoms with Crippen LogP contribution in [-0.4, -0.2) is 26.2 Å². The molecule has 1 aromatic carbocycles. The van der Waals surface area contributed by atoms with Crippen molar-refractivity contribution in [3.8, 4) is 5.75 Å². The van der Waals surface area contributed by atoms with Crippen molar-refractivity contribution in [2.24, 2.45) is 0 Å². The van der Waals surface area contributed by atoms with E-state index in [-0.39, 0.29) is 22.9 Å². The lowest BCUT2D eigenvalue weighted by Crippen LogP contribution is -2.22. The molecular weight excluding hydrogens is 310 g/mol. The summed E-state index contributed by atoms with van der Waals surface area (Å²) in [5, 5.41) is 12.4. The van der Waals surface area contributed by atoms with Gasteiger partial charge in [0.05, 0.1) is 11.2 Å². The minimum Gasteiger partial charge on any atom is -0.506 e. The molecule has 1 amide bonds. The van der Waals surface area contributed by atoms with Gasteiger partial charge in [-0.3, -0.25) is 14.0 Å². The molecule has 3 rings (SSSR count). The number of nitrogens with zero attached hydrogens (tertiary/aromatic N) is 1. The van der Waals surface area contributed by atoms with Crippen molar-refractivity contribution in [3.63, 3.8) is 0 Å². The molecule has 0 spiro atoms. The maximum Gasteiger partial charge on any atom is 0.330 e. The summed E-state index contributed by atoms with van der Waals surface area (Å²) in [6.45, 7) is 1.73. The fraction of sp³-hybridized carbons (Fsp3) is 0.118. The second-order valence-corrected chi connectivity index (χ2v) is 5.25. The number of Topliss-reactive ketones (excluding diaryl/α,β-unsaturated/α-hetero) is 1. The lowest BCUT2D eigenvalue weighted by atomic mass is 10.1. The number of phenols is 1. The predicted octanol–water partition coefficient (Wildman–Crippen LogP) is 2.18. The zero-order valence-corrected chi connectivity index (χ0v) is 12.9. The van der Waals surface area contributed by atoms with Crippen molar-refractivity contribution < 1.29 is 14.7 Å². The molecule has 0 aliphatic carbocycles. The van der Waals surface area contributed by atoms with E-state index in [2.05, 4.69) is 10.3 Å². The van der Waals surface area contributed by atoms with Crippen LogP contribution in [0.1, 0.15) is 34.2 Å². The molecule has 2 aromatic heterocycles. The molecule has 0 atom stereocenters. The summed E-state index contributed by atoms with van der Waals surface area (Å²) in [6, 6.07) is 9.16. The van der Waals surface area contributed by atoms with E-state index in [4.69, 9.17) is 0 Å². The third-order valence-corrected chi connectivity index (χ3v) is 3.67. The number of phenolic OH excluding ortho intramolecular Hbond substituents is 1. The van der Waals surface area contributed by atoms with E-state index in [9.17, 15) is 19.5 Å². The van der Waals surface area contributed by atoms with Crippen LogP contribution in [0.3, 0.4) is 0 Å². The summed E-state index contributed by atoms with van der Waals surface area (Å²) < 4.78 is 1.37. The Morgan fingerprint density at radius 1 is 1.25 bits per heavy atom. The van der Waals surface area contributed by atoms with Crippen molar-refractivity contribution in [1.29, 1.82) is 0 Å². The second kappa shape index (κ2) is 6.04. The molecule has 0 aliphatic heterocycles. The van der Waals surface area contributed by atoms with Gasteiger partial charge in [-0.2, -0.15) is 0 Å². The van der Waals surface area contributed by atoms with Crippen LogP contribution in [0.15, 0.2) is 47.4 Å². The molecule has 0 aliphatic rings. The van der Waals surface area contributed by atoms with Gasteiger partial charge in [-0.15, -0.1) is 0 Å². The molecule has 0 radical (unpaired) electrons. The highest BCUT2D eigenvalue weighted by molar-refractivity contribution is 6.05. The number of aromatic hydroxyl groups is 1. The monoisotopic (exact) mass is 325 g/mol. The fourth-order valence-electron chi connectivity index (χ4n) is 2.38. The smallest absolute Gasteiger partial charge is 0.330 e. The number of nitrogens with one attached hydrogen (secondary N) is 2. The van der Waals surface area contributed by atoms with Crippen molar-refractivity contribution >= 4 is 22.9 Å². The zero-order valence-electron chi connectivity index (χ0n) is 12.9. The number of H-pyrrole nitrogens is 1. The molecule has 0 bridgehead atoms. The molecule has 0 saturated heterocycles. The third kappa shape index (κ3) is 2.79. The van der Waals surface area contributed by atoms with Gasteiger partial charge in [-0.05, 0) is 36.4 Å². The van der Waals surface area contributed by atoms with Gasteiger partial charge >= 0.3 is 5.69 Å². The van der Waals surface area contributed by atoms with Gasteiger partial charge in [0.2, 0.25) is 0 Å². The molecule has 122 valence electrons. The first kappa shape index (κ1) is 15.5. The van der Waals surface area contributed by atoms with Crippen LogP contribution in [0.4, 0.5) is 5.69 Å². The Hall–Kier alpha value is -3.35. The van der Waals surface area contributed by atoms with E-state index in [1.54, 1.807) is 25.3 Å². The molecule has 7 heteroatoms. The largest absolute Gasteiger partial charge is 0.506 e. The molecule has 0 fully saturated rings. The molecule has 0 unspecified atom stereocenters. The van der Waals surface area contributed by atoms with Crippen LogP contribution in [0.25, 0.3) is 5.52 Å². The van der Waals surface area contributed by atoms with Crippen LogP contribution in [0, 0.1) is 0 Å². The van der Waals surface area contributed by atoms with E-state index >= 15 is 0 Å². The van der Waals surface area contributed by atoms with Crippen molar-refractivity contribution in [2.45, 2.75) is 13.3 Å². The quantitative estimate of drug-likeness (QED) is 0.505. The van der Waals surface area contributed by atoms with Crippen molar-refractivity contribution in [2.75, 3.05) is 5.32 Å². The zero-order chi connectivity index (χ0) is 17.3. The van der Waals surface area contributed by atoms with Gasteiger partial charge in [-0.25, -0.2) is 4.79 Å². The van der Waals surface area contributed by atoms with E-state index < -0.39 is 11.6 Å². The minimum atomic E-state index is -0.591. The van der Waals surface area contributed by atoms with Crippen LogP contribution in [0.5, 0.6) is 5.75 Å². The lowest BCUT2D eigenvalue weighted by molar-refractivity contribution is 0.0985. The van der Waals surface area contributed by atoms with Crippen LogP contribution >= 0.6 is 0 Å². The first-order chi connectivity index (χ1) is 11.5. The first-order valence-electron chi connectivity index (χ1n) is 7.37.